The van der Waals surface area contributed by atoms with Crippen LogP contribution in [0.3, 0.4) is 0 Å². The molecule has 0 unspecified atom stereocenters. The van der Waals surface area contributed by atoms with E-state index in [1.165, 1.54) is 46.4 Å². The van der Waals surface area contributed by atoms with E-state index in [1.54, 1.807) is 44.2 Å². The average molecular weight is 441 g/mol. The molecule has 0 aliphatic carbocycles. The molecule has 0 saturated carbocycles. The number of nitrogens with one attached hydrogen (secondary N) is 1. The smallest absolute Gasteiger partial charge is 0.322 e. The van der Waals surface area contributed by atoms with Crippen LogP contribution in [0.1, 0.15) is 25.2 Å². The second-order valence-corrected chi connectivity index (χ2v) is 7.59. The van der Waals surface area contributed by atoms with Gasteiger partial charge in [-0.1, -0.05) is 24.3 Å². The Morgan fingerprint density at radius 3 is 2.31 bits per heavy atom. The third-order valence-corrected chi connectivity index (χ3v) is 4.87. The Morgan fingerprint density at radius 1 is 0.969 bits per heavy atom. The number of hydrogen-bond acceptors (Lipinski definition) is 3. The van der Waals surface area contributed by atoms with Gasteiger partial charge in [-0.25, -0.2) is 13.6 Å². The van der Waals surface area contributed by atoms with Gasteiger partial charge in [0.1, 0.15) is 23.9 Å². The van der Waals surface area contributed by atoms with Crippen LogP contribution in [0, 0.1) is 11.6 Å². The van der Waals surface area contributed by atoms with Gasteiger partial charge in [-0.15, -0.1) is 0 Å². The summed E-state index contributed by atoms with van der Waals surface area (Å²) in [6.07, 6.45) is 1.51. The van der Waals surface area contributed by atoms with Gasteiger partial charge in [0, 0.05) is 12.6 Å². The second kappa shape index (κ2) is 10.6. The number of anilines is 1. The van der Waals surface area contributed by atoms with Crippen molar-refractivity contribution in [3.8, 4) is 0 Å². The van der Waals surface area contributed by atoms with Crippen molar-refractivity contribution in [1.82, 2.24) is 9.80 Å². The van der Waals surface area contributed by atoms with E-state index in [0.29, 0.717) is 5.76 Å². The van der Waals surface area contributed by atoms with Gasteiger partial charge in [0.2, 0.25) is 5.91 Å². The van der Waals surface area contributed by atoms with Gasteiger partial charge in [0.05, 0.1) is 18.5 Å². The van der Waals surface area contributed by atoms with Crippen molar-refractivity contribution >= 4 is 17.6 Å². The summed E-state index contributed by atoms with van der Waals surface area (Å²) < 4.78 is 32.6. The van der Waals surface area contributed by atoms with E-state index >= 15 is 0 Å². The van der Waals surface area contributed by atoms with Crippen LogP contribution >= 0.6 is 0 Å². The van der Waals surface area contributed by atoms with E-state index in [0.717, 1.165) is 5.56 Å². The highest BCUT2D eigenvalue weighted by Crippen LogP contribution is 2.16. The maximum absolute atomic E-state index is 13.9. The normalized spacial score (nSPS) is 10.8. The van der Waals surface area contributed by atoms with Crippen molar-refractivity contribution < 1.29 is 22.8 Å². The minimum atomic E-state index is -0.585. The van der Waals surface area contributed by atoms with Gasteiger partial charge < -0.3 is 19.5 Å². The summed E-state index contributed by atoms with van der Waals surface area (Å²) >= 11 is 0. The Morgan fingerprint density at radius 2 is 1.69 bits per heavy atom. The summed E-state index contributed by atoms with van der Waals surface area (Å²) in [5.74, 6) is -0.685. The number of benzene rings is 2. The van der Waals surface area contributed by atoms with Crippen molar-refractivity contribution in [2.24, 2.45) is 0 Å². The lowest BCUT2D eigenvalue weighted by Gasteiger charge is -2.30. The molecule has 6 nitrogen and oxygen atoms in total. The fourth-order valence-electron chi connectivity index (χ4n) is 3.12. The molecule has 3 rings (SSSR count). The van der Waals surface area contributed by atoms with Crippen LogP contribution in [0.4, 0.5) is 19.3 Å². The first-order valence-electron chi connectivity index (χ1n) is 10.2. The Labute approximate surface area is 185 Å². The molecule has 32 heavy (non-hydrogen) atoms. The molecule has 0 radical (unpaired) electrons. The maximum Gasteiger partial charge on any atom is 0.322 e. The first kappa shape index (κ1) is 23.0. The predicted octanol–water partition coefficient (Wildman–Crippen LogP) is 5.03. The molecule has 2 aromatic carbocycles. The van der Waals surface area contributed by atoms with Gasteiger partial charge in [-0.2, -0.15) is 0 Å². The molecule has 0 spiro atoms. The Balaban J connectivity index is 1.75. The zero-order chi connectivity index (χ0) is 23.1. The Kier molecular flexibility index (Phi) is 7.59. The van der Waals surface area contributed by atoms with E-state index in [2.05, 4.69) is 5.32 Å². The molecule has 0 bridgehead atoms. The SMILES string of the molecule is CC(C)N(CC(=O)N(Cc1ccc(F)cc1)Cc1ccco1)C(=O)Nc1ccccc1F. The van der Waals surface area contributed by atoms with Crippen LogP contribution in [-0.4, -0.2) is 34.3 Å². The number of halogens is 2. The van der Waals surface area contributed by atoms with Crippen LogP contribution in [0.15, 0.2) is 71.3 Å². The molecule has 0 aliphatic heterocycles. The summed E-state index contributed by atoms with van der Waals surface area (Å²) in [6, 6.07) is 14.2. The van der Waals surface area contributed by atoms with Gasteiger partial charge >= 0.3 is 6.03 Å². The van der Waals surface area contributed by atoms with Gasteiger partial charge in [-0.3, -0.25) is 4.79 Å². The highest BCUT2D eigenvalue weighted by molar-refractivity contribution is 5.92. The molecule has 0 fully saturated rings. The van der Waals surface area contributed by atoms with Crippen molar-refractivity contribution in [3.05, 3.63) is 89.9 Å². The Hall–Kier alpha value is -3.68. The summed E-state index contributed by atoms with van der Waals surface area (Å²) in [5, 5.41) is 2.52. The quantitative estimate of drug-likeness (QED) is 0.533. The zero-order valence-corrected chi connectivity index (χ0v) is 17.9. The lowest BCUT2D eigenvalue weighted by atomic mass is 10.2. The summed E-state index contributed by atoms with van der Waals surface area (Å²) in [4.78, 5) is 28.8. The van der Waals surface area contributed by atoms with E-state index in [-0.39, 0.29) is 43.1 Å². The average Bonchev–Trinajstić information content (AvgIpc) is 3.27. The largest absolute Gasteiger partial charge is 0.467 e. The molecular weight excluding hydrogens is 416 g/mol. The maximum atomic E-state index is 13.9. The van der Waals surface area contributed by atoms with E-state index in [1.807, 2.05) is 0 Å². The summed E-state index contributed by atoms with van der Waals surface area (Å²) in [5.41, 5.74) is 0.771. The number of hydrogen-bond donors (Lipinski definition) is 1. The lowest BCUT2D eigenvalue weighted by molar-refractivity contribution is -0.133. The molecule has 3 amide bonds. The van der Waals surface area contributed by atoms with Crippen LogP contribution < -0.4 is 5.32 Å². The fraction of sp³-hybridized carbons (Fsp3) is 0.250. The molecule has 1 N–H and O–H groups in total. The van der Waals surface area contributed by atoms with Crippen molar-refractivity contribution in [3.63, 3.8) is 0 Å². The minimum Gasteiger partial charge on any atom is -0.467 e. The third kappa shape index (κ3) is 6.16. The highest BCUT2D eigenvalue weighted by atomic mass is 19.1. The van der Waals surface area contributed by atoms with Gasteiger partial charge in [0.15, 0.2) is 0 Å². The first-order chi connectivity index (χ1) is 15.3. The number of amides is 3. The molecule has 3 aromatic rings. The van der Waals surface area contributed by atoms with E-state index < -0.39 is 11.8 Å². The topological polar surface area (TPSA) is 65.8 Å². The number of furan rings is 1. The molecular formula is C24H25F2N3O3. The number of para-hydroxylation sites is 1. The van der Waals surface area contributed by atoms with Gasteiger partial charge in [0.25, 0.3) is 0 Å². The van der Waals surface area contributed by atoms with Crippen molar-refractivity contribution in [2.45, 2.75) is 33.0 Å². The molecule has 168 valence electrons. The standard InChI is InChI=1S/C24H25F2N3O3/c1-17(2)29(24(31)27-22-8-4-3-7-21(22)26)16-23(30)28(15-20-6-5-13-32-20)14-18-9-11-19(25)12-10-18/h3-13,17H,14-16H2,1-2H3,(H,27,31). The Bertz CT molecular complexity index is 1040. The lowest BCUT2D eigenvalue weighted by Crippen LogP contribution is -2.47. The van der Waals surface area contributed by atoms with E-state index in [9.17, 15) is 18.4 Å². The van der Waals surface area contributed by atoms with Crippen LogP contribution in [0.5, 0.6) is 0 Å². The monoisotopic (exact) mass is 441 g/mol. The fourth-order valence-corrected chi connectivity index (χ4v) is 3.12. The van der Waals surface area contributed by atoms with Crippen LogP contribution in [0.2, 0.25) is 0 Å². The second-order valence-electron chi connectivity index (χ2n) is 7.59. The van der Waals surface area contributed by atoms with Gasteiger partial charge in [-0.05, 0) is 55.8 Å². The number of nitrogens with zero attached hydrogens (tertiary/aromatic N) is 2. The molecule has 0 saturated heterocycles. The number of rotatable bonds is 8. The van der Waals surface area contributed by atoms with E-state index in [4.69, 9.17) is 4.42 Å². The molecule has 0 atom stereocenters. The number of urea groups is 1. The number of carbonyl (C=O) groups excluding carboxylic acids is 2. The van der Waals surface area contributed by atoms with Crippen LogP contribution in [0.25, 0.3) is 0 Å². The minimum absolute atomic E-state index is 0.0364. The summed E-state index contributed by atoms with van der Waals surface area (Å²) in [7, 11) is 0. The van der Waals surface area contributed by atoms with Crippen molar-refractivity contribution in [1.29, 1.82) is 0 Å². The highest BCUT2D eigenvalue weighted by Gasteiger charge is 2.25. The van der Waals surface area contributed by atoms with Crippen molar-refractivity contribution in [2.75, 3.05) is 11.9 Å². The van der Waals surface area contributed by atoms with Crippen LogP contribution in [-0.2, 0) is 17.9 Å². The molecule has 1 heterocycles. The summed E-state index contributed by atoms with van der Waals surface area (Å²) in [6.45, 7) is 3.71. The third-order valence-electron chi connectivity index (χ3n) is 4.87. The predicted molar refractivity (Wildman–Crippen MR) is 117 cm³/mol. The molecule has 1 aromatic heterocycles. The zero-order valence-electron chi connectivity index (χ0n) is 17.9. The molecule has 0 aliphatic rings. The molecule has 8 heteroatoms. The first-order valence-corrected chi connectivity index (χ1v) is 10.2. The number of carbonyl (C=O) groups is 2.